The van der Waals surface area contributed by atoms with Gasteiger partial charge in [-0.25, -0.2) is 4.98 Å². The summed E-state index contributed by atoms with van der Waals surface area (Å²) in [5.74, 6) is 0.369. The van der Waals surface area contributed by atoms with Gasteiger partial charge in [0.25, 0.3) is 5.91 Å². The van der Waals surface area contributed by atoms with Gasteiger partial charge in [0.2, 0.25) is 0 Å². The van der Waals surface area contributed by atoms with Crippen LogP contribution in [0, 0.1) is 0 Å². The lowest BCUT2D eigenvalue weighted by Gasteiger charge is -2.22. The van der Waals surface area contributed by atoms with E-state index in [0.717, 1.165) is 13.0 Å². The number of nitrogens with one attached hydrogen (secondary N) is 1. The first-order valence-corrected chi connectivity index (χ1v) is 7.30. The SMILES string of the molecule is CCCNc1cc(C(=O)N(CCO)CCOC)c(Cl)cn1. The number of pyridine rings is 1. The number of aromatic nitrogens is 1. The predicted molar refractivity (Wildman–Crippen MR) is 82.9 cm³/mol. The molecule has 0 saturated heterocycles. The number of aliphatic hydroxyl groups is 1. The van der Waals surface area contributed by atoms with Crippen LogP contribution in [0.5, 0.6) is 0 Å². The van der Waals surface area contributed by atoms with Gasteiger partial charge < -0.3 is 20.1 Å². The highest BCUT2D eigenvalue weighted by Gasteiger charge is 2.19. The van der Waals surface area contributed by atoms with Gasteiger partial charge in [-0.2, -0.15) is 0 Å². The smallest absolute Gasteiger partial charge is 0.255 e. The molecule has 0 aliphatic heterocycles. The van der Waals surface area contributed by atoms with Gasteiger partial charge in [0, 0.05) is 32.9 Å². The first kappa shape index (κ1) is 17.7. The number of methoxy groups -OCH3 is 1. The minimum atomic E-state index is -0.243. The summed E-state index contributed by atoms with van der Waals surface area (Å²) in [4.78, 5) is 18.2. The van der Waals surface area contributed by atoms with Crippen molar-refractivity contribution in [2.24, 2.45) is 0 Å². The Labute approximate surface area is 130 Å². The Morgan fingerprint density at radius 1 is 1.52 bits per heavy atom. The summed E-state index contributed by atoms with van der Waals surface area (Å²) >= 11 is 6.07. The van der Waals surface area contributed by atoms with Crippen LogP contribution in [0.4, 0.5) is 5.82 Å². The highest BCUT2D eigenvalue weighted by atomic mass is 35.5. The molecule has 0 aromatic carbocycles. The number of aliphatic hydroxyl groups excluding tert-OH is 1. The molecule has 0 fully saturated rings. The maximum Gasteiger partial charge on any atom is 0.255 e. The van der Waals surface area contributed by atoms with Gasteiger partial charge in [-0.05, 0) is 12.5 Å². The van der Waals surface area contributed by atoms with Crippen molar-refractivity contribution in [2.75, 3.05) is 45.3 Å². The Bertz CT molecular complexity index is 457. The average Bonchev–Trinajstić information content (AvgIpc) is 2.50. The maximum absolute atomic E-state index is 12.5. The highest BCUT2D eigenvalue weighted by Crippen LogP contribution is 2.20. The maximum atomic E-state index is 12.5. The van der Waals surface area contributed by atoms with E-state index in [1.165, 1.54) is 11.1 Å². The number of nitrogens with zero attached hydrogens (tertiary/aromatic N) is 2. The van der Waals surface area contributed by atoms with Crippen molar-refractivity contribution in [3.05, 3.63) is 22.8 Å². The Balaban J connectivity index is 2.91. The molecule has 0 unspecified atom stereocenters. The van der Waals surface area contributed by atoms with E-state index in [2.05, 4.69) is 10.3 Å². The quantitative estimate of drug-likeness (QED) is 0.724. The normalized spacial score (nSPS) is 10.5. The standard InChI is InChI=1S/C14H22ClN3O3/c1-3-4-16-13-9-11(12(15)10-17-13)14(20)18(5-7-19)6-8-21-2/h9-10,19H,3-8H2,1-2H3,(H,16,17). The average molecular weight is 316 g/mol. The fourth-order valence-corrected chi connectivity index (χ4v) is 1.94. The van der Waals surface area contributed by atoms with Crippen molar-refractivity contribution in [1.29, 1.82) is 0 Å². The third kappa shape index (κ3) is 5.49. The molecule has 1 rings (SSSR count). The van der Waals surface area contributed by atoms with Crippen molar-refractivity contribution < 1.29 is 14.6 Å². The van der Waals surface area contributed by atoms with Gasteiger partial charge >= 0.3 is 0 Å². The number of hydrogen-bond acceptors (Lipinski definition) is 5. The minimum Gasteiger partial charge on any atom is -0.395 e. The fraction of sp³-hybridized carbons (Fsp3) is 0.571. The molecule has 0 aliphatic carbocycles. The third-order valence-electron chi connectivity index (χ3n) is 2.86. The van der Waals surface area contributed by atoms with Gasteiger partial charge in [-0.15, -0.1) is 0 Å². The molecule has 0 bridgehead atoms. The number of hydrogen-bond donors (Lipinski definition) is 2. The van der Waals surface area contributed by atoms with Crippen LogP contribution < -0.4 is 5.32 Å². The van der Waals surface area contributed by atoms with E-state index < -0.39 is 0 Å². The number of ether oxygens (including phenoxy) is 1. The van der Waals surface area contributed by atoms with Crippen LogP contribution in [0.2, 0.25) is 5.02 Å². The molecule has 0 radical (unpaired) electrons. The van der Waals surface area contributed by atoms with Crippen LogP contribution in [0.25, 0.3) is 0 Å². The molecular formula is C14H22ClN3O3. The molecule has 0 spiro atoms. The van der Waals surface area contributed by atoms with E-state index in [1.807, 2.05) is 6.92 Å². The van der Waals surface area contributed by atoms with E-state index >= 15 is 0 Å². The zero-order chi connectivity index (χ0) is 15.7. The summed E-state index contributed by atoms with van der Waals surface area (Å²) in [7, 11) is 1.56. The van der Waals surface area contributed by atoms with E-state index in [1.54, 1.807) is 13.2 Å². The molecule has 1 amide bonds. The topological polar surface area (TPSA) is 74.7 Å². The number of rotatable bonds is 9. The van der Waals surface area contributed by atoms with Gasteiger partial charge in [0.15, 0.2) is 0 Å². The predicted octanol–water partition coefficient (Wildman–Crippen LogP) is 1.64. The van der Waals surface area contributed by atoms with Crippen LogP contribution in [0.3, 0.4) is 0 Å². The van der Waals surface area contributed by atoms with Crippen LogP contribution in [0.15, 0.2) is 12.3 Å². The van der Waals surface area contributed by atoms with Crippen LogP contribution in [0.1, 0.15) is 23.7 Å². The van der Waals surface area contributed by atoms with Gasteiger partial charge in [0.1, 0.15) is 5.82 Å². The second-order valence-corrected chi connectivity index (χ2v) is 4.89. The molecule has 0 aliphatic rings. The number of anilines is 1. The van der Waals surface area contributed by atoms with E-state index in [4.69, 9.17) is 21.4 Å². The van der Waals surface area contributed by atoms with Crippen molar-refractivity contribution in [1.82, 2.24) is 9.88 Å². The Morgan fingerprint density at radius 2 is 2.29 bits per heavy atom. The summed E-state index contributed by atoms with van der Waals surface area (Å²) < 4.78 is 4.98. The van der Waals surface area contributed by atoms with Crippen LogP contribution >= 0.6 is 11.6 Å². The number of carbonyl (C=O) groups is 1. The summed E-state index contributed by atoms with van der Waals surface area (Å²) in [6.45, 7) is 3.73. The lowest BCUT2D eigenvalue weighted by atomic mass is 10.2. The van der Waals surface area contributed by atoms with Gasteiger partial charge in [-0.1, -0.05) is 18.5 Å². The lowest BCUT2D eigenvalue weighted by Crippen LogP contribution is -2.36. The van der Waals surface area contributed by atoms with Crippen LogP contribution in [-0.4, -0.2) is 60.9 Å². The van der Waals surface area contributed by atoms with Crippen LogP contribution in [-0.2, 0) is 4.74 Å². The zero-order valence-electron chi connectivity index (χ0n) is 12.4. The number of carbonyl (C=O) groups excluding carboxylic acids is 1. The minimum absolute atomic E-state index is 0.112. The fourth-order valence-electron chi connectivity index (χ4n) is 1.76. The summed E-state index contributed by atoms with van der Waals surface area (Å²) in [5.41, 5.74) is 0.370. The molecule has 6 nitrogen and oxygen atoms in total. The van der Waals surface area contributed by atoms with E-state index in [9.17, 15) is 4.79 Å². The Hall–Kier alpha value is -1.37. The van der Waals surface area contributed by atoms with Gasteiger partial charge in [0.05, 0.1) is 23.8 Å². The zero-order valence-corrected chi connectivity index (χ0v) is 13.2. The lowest BCUT2D eigenvalue weighted by molar-refractivity contribution is 0.0656. The second kappa shape index (κ2) is 9.55. The number of halogens is 1. The molecule has 21 heavy (non-hydrogen) atoms. The molecule has 118 valence electrons. The largest absolute Gasteiger partial charge is 0.395 e. The van der Waals surface area contributed by atoms with E-state index in [0.29, 0.717) is 29.6 Å². The third-order valence-corrected chi connectivity index (χ3v) is 3.17. The van der Waals surface area contributed by atoms with Crippen molar-refractivity contribution in [2.45, 2.75) is 13.3 Å². The highest BCUT2D eigenvalue weighted by molar-refractivity contribution is 6.33. The Morgan fingerprint density at radius 3 is 2.90 bits per heavy atom. The molecule has 1 aromatic heterocycles. The summed E-state index contributed by atoms with van der Waals surface area (Å²) in [6, 6.07) is 1.64. The summed E-state index contributed by atoms with van der Waals surface area (Å²) in [5, 5.41) is 12.5. The van der Waals surface area contributed by atoms with Crippen molar-refractivity contribution in [3.63, 3.8) is 0 Å². The first-order chi connectivity index (χ1) is 10.1. The molecule has 1 heterocycles. The van der Waals surface area contributed by atoms with Crippen molar-refractivity contribution in [3.8, 4) is 0 Å². The molecule has 1 aromatic rings. The molecular weight excluding hydrogens is 294 g/mol. The second-order valence-electron chi connectivity index (χ2n) is 4.48. The monoisotopic (exact) mass is 315 g/mol. The van der Waals surface area contributed by atoms with Crippen molar-refractivity contribution >= 4 is 23.3 Å². The number of amides is 1. The summed E-state index contributed by atoms with van der Waals surface area (Å²) in [6.07, 6.45) is 2.41. The molecule has 0 atom stereocenters. The molecule has 0 saturated carbocycles. The Kier molecular flexibility index (Phi) is 8.04. The first-order valence-electron chi connectivity index (χ1n) is 6.92. The molecule has 7 heteroatoms. The molecule has 2 N–H and O–H groups in total. The van der Waals surface area contributed by atoms with E-state index in [-0.39, 0.29) is 19.1 Å². The van der Waals surface area contributed by atoms with Gasteiger partial charge in [-0.3, -0.25) is 4.79 Å².